The van der Waals surface area contributed by atoms with Crippen LogP contribution in [-0.4, -0.2) is 21.3 Å². The summed E-state index contributed by atoms with van der Waals surface area (Å²) in [7, 11) is 4.66. The highest BCUT2D eigenvalue weighted by Crippen LogP contribution is 2.30. The Morgan fingerprint density at radius 3 is 2.36 bits per heavy atom. The van der Waals surface area contributed by atoms with Crippen molar-refractivity contribution in [1.82, 2.24) is 0 Å². The fourth-order valence-electron chi connectivity index (χ4n) is 1.07. The number of methoxy groups -OCH3 is 2. The van der Waals surface area contributed by atoms with Gasteiger partial charge in [0.15, 0.2) is 11.5 Å². The van der Waals surface area contributed by atoms with Crippen molar-refractivity contribution < 1.29 is 9.47 Å². The summed E-state index contributed by atoms with van der Waals surface area (Å²) in [6.45, 7) is 0. The van der Waals surface area contributed by atoms with E-state index in [9.17, 15) is 4.91 Å². The zero-order chi connectivity index (χ0) is 10.6. The van der Waals surface area contributed by atoms with E-state index in [0.29, 0.717) is 17.2 Å². The van der Waals surface area contributed by atoms with Crippen molar-refractivity contribution in [3.8, 4) is 11.5 Å². The Hall–Kier alpha value is -1.78. The summed E-state index contributed by atoms with van der Waals surface area (Å²) in [5.74, 6) is 1.19. The van der Waals surface area contributed by atoms with Crippen LogP contribution in [0.3, 0.4) is 0 Å². The molecule has 76 valence electrons. The van der Waals surface area contributed by atoms with Crippen LogP contribution in [0.1, 0.15) is 0 Å². The molecule has 0 fully saturated rings. The van der Waals surface area contributed by atoms with Gasteiger partial charge >= 0.3 is 0 Å². The van der Waals surface area contributed by atoms with Crippen molar-refractivity contribution in [2.24, 2.45) is 5.29 Å². The Morgan fingerprint density at radius 1 is 1.21 bits per heavy atom. The molecule has 0 radical (unpaired) electrons. The average molecular weight is 196 g/mol. The fourth-order valence-corrected chi connectivity index (χ4v) is 1.07. The van der Waals surface area contributed by atoms with Gasteiger partial charge in [-0.25, -0.2) is 5.01 Å². The molecule has 1 aromatic carbocycles. The van der Waals surface area contributed by atoms with E-state index in [1.165, 1.54) is 12.1 Å². The first-order valence-electron chi connectivity index (χ1n) is 4.02. The number of nitroso groups, excluding NO2 is 1. The van der Waals surface area contributed by atoms with E-state index >= 15 is 0 Å². The van der Waals surface area contributed by atoms with Gasteiger partial charge in [-0.1, -0.05) is 0 Å². The molecule has 0 aliphatic rings. The summed E-state index contributed by atoms with van der Waals surface area (Å²) in [4.78, 5) is 10.3. The third-order valence-electron chi connectivity index (χ3n) is 1.86. The zero-order valence-electron chi connectivity index (χ0n) is 8.35. The lowest BCUT2D eigenvalue weighted by molar-refractivity contribution is 0.355. The van der Waals surface area contributed by atoms with E-state index < -0.39 is 0 Å². The summed E-state index contributed by atoms with van der Waals surface area (Å²) >= 11 is 0. The van der Waals surface area contributed by atoms with Gasteiger partial charge in [0.1, 0.15) is 0 Å². The van der Waals surface area contributed by atoms with Crippen LogP contribution in [0, 0.1) is 4.91 Å². The highest BCUT2D eigenvalue weighted by atomic mass is 16.5. The maximum atomic E-state index is 10.3. The Morgan fingerprint density at radius 2 is 1.86 bits per heavy atom. The third kappa shape index (κ3) is 1.93. The lowest BCUT2D eigenvalue weighted by Crippen LogP contribution is -2.06. The molecule has 0 atom stereocenters. The quantitative estimate of drug-likeness (QED) is 0.544. The van der Waals surface area contributed by atoms with Crippen LogP contribution in [0.15, 0.2) is 23.5 Å². The molecule has 5 nitrogen and oxygen atoms in total. The van der Waals surface area contributed by atoms with Crippen molar-refractivity contribution in [2.45, 2.75) is 0 Å². The smallest absolute Gasteiger partial charge is 0.162 e. The minimum atomic E-state index is 0.570. The third-order valence-corrected chi connectivity index (χ3v) is 1.86. The molecule has 5 heteroatoms. The van der Waals surface area contributed by atoms with Crippen LogP contribution in [0.4, 0.5) is 5.69 Å². The van der Waals surface area contributed by atoms with Gasteiger partial charge in [-0.15, -0.1) is 4.91 Å². The number of benzene rings is 1. The van der Waals surface area contributed by atoms with Gasteiger partial charge < -0.3 is 9.47 Å². The molecular weight excluding hydrogens is 184 g/mol. The van der Waals surface area contributed by atoms with E-state index in [1.807, 2.05) is 0 Å². The summed E-state index contributed by atoms with van der Waals surface area (Å²) < 4.78 is 10.1. The van der Waals surface area contributed by atoms with Gasteiger partial charge in [0, 0.05) is 13.1 Å². The largest absolute Gasteiger partial charge is 0.493 e. The first-order chi connectivity index (χ1) is 6.72. The lowest BCUT2D eigenvalue weighted by Gasteiger charge is -2.12. The summed E-state index contributed by atoms with van der Waals surface area (Å²) in [6.07, 6.45) is 0. The van der Waals surface area contributed by atoms with Crippen LogP contribution in [0.25, 0.3) is 0 Å². The standard InChI is InChI=1S/C9H12N2O3/c1-11(10-12)7-4-5-8(13-2)9(6-7)14-3/h4-6H,1-3H3. The Balaban J connectivity index is 3.06. The van der Waals surface area contributed by atoms with Crippen LogP contribution in [0.2, 0.25) is 0 Å². The lowest BCUT2D eigenvalue weighted by atomic mass is 10.2. The molecule has 0 unspecified atom stereocenters. The molecule has 0 bridgehead atoms. The second-order valence-corrected chi connectivity index (χ2v) is 2.64. The number of nitrogens with zero attached hydrogens (tertiary/aromatic N) is 2. The molecule has 0 spiro atoms. The average Bonchev–Trinajstić information content (AvgIpc) is 2.26. The Bertz CT molecular complexity index is 328. The molecule has 1 aromatic rings. The first-order valence-corrected chi connectivity index (χ1v) is 4.02. The van der Waals surface area contributed by atoms with Crippen LogP contribution < -0.4 is 14.5 Å². The maximum Gasteiger partial charge on any atom is 0.162 e. The SMILES string of the molecule is COc1ccc(N(C)N=O)cc1OC. The number of hydrogen-bond acceptors (Lipinski definition) is 4. The van der Waals surface area contributed by atoms with Crippen molar-refractivity contribution in [3.63, 3.8) is 0 Å². The summed E-state index contributed by atoms with van der Waals surface area (Å²) in [5.41, 5.74) is 0.651. The fraction of sp³-hybridized carbons (Fsp3) is 0.333. The molecule has 0 saturated heterocycles. The van der Waals surface area contributed by atoms with E-state index in [1.54, 1.807) is 32.4 Å². The molecule has 0 heterocycles. The van der Waals surface area contributed by atoms with E-state index in [2.05, 4.69) is 5.29 Å². The highest BCUT2D eigenvalue weighted by molar-refractivity contribution is 5.55. The second kappa shape index (κ2) is 4.45. The van der Waals surface area contributed by atoms with E-state index in [4.69, 9.17) is 9.47 Å². The molecule has 14 heavy (non-hydrogen) atoms. The minimum absolute atomic E-state index is 0.570. The van der Waals surface area contributed by atoms with E-state index in [0.717, 1.165) is 0 Å². The summed E-state index contributed by atoms with van der Waals surface area (Å²) in [6, 6.07) is 5.12. The van der Waals surface area contributed by atoms with Gasteiger partial charge in [0.2, 0.25) is 0 Å². The van der Waals surface area contributed by atoms with Gasteiger partial charge in [-0.05, 0) is 12.1 Å². The normalized spacial score (nSPS) is 9.36. The van der Waals surface area contributed by atoms with E-state index in [-0.39, 0.29) is 0 Å². The molecule has 1 rings (SSSR count). The first kappa shape index (κ1) is 10.3. The number of ether oxygens (including phenoxy) is 2. The highest BCUT2D eigenvalue weighted by Gasteiger charge is 2.07. The maximum absolute atomic E-state index is 10.3. The zero-order valence-corrected chi connectivity index (χ0v) is 8.35. The second-order valence-electron chi connectivity index (χ2n) is 2.64. The Kier molecular flexibility index (Phi) is 3.28. The Labute approximate surface area is 82.2 Å². The van der Waals surface area contributed by atoms with Crippen LogP contribution >= 0.6 is 0 Å². The number of rotatable bonds is 4. The minimum Gasteiger partial charge on any atom is -0.493 e. The molecular formula is C9H12N2O3. The predicted octanol–water partition coefficient (Wildman–Crippen LogP) is 1.82. The molecule has 0 N–H and O–H groups in total. The number of hydrogen-bond donors (Lipinski definition) is 0. The van der Waals surface area contributed by atoms with Gasteiger partial charge in [-0.3, -0.25) is 0 Å². The molecule has 0 amide bonds. The van der Waals surface area contributed by atoms with Crippen molar-refractivity contribution in [1.29, 1.82) is 0 Å². The van der Waals surface area contributed by atoms with Crippen molar-refractivity contribution in [2.75, 3.05) is 26.3 Å². The molecule has 0 aromatic heterocycles. The monoisotopic (exact) mass is 196 g/mol. The van der Waals surface area contributed by atoms with Crippen LogP contribution in [0.5, 0.6) is 11.5 Å². The number of anilines is 1. The van der Waals surface area contributed by atoms with Gasteiger partial charge in [-0.2, -0.15) is 0 Å². The molecule has 0 aliphatic carbocycles. The van der Waals surface area contributed by atoms with Crippen LogP contribution in [-0.2, 0) is 0 Å². The van der Waals surface area contributed by atoms with Gasteiger partial charge in [0.25, 0.3) is 0 Å². The van der Waals surface area contributed by atoms with Crippen molar-refractivity contribution >= 4 is 5.69 Å². The predicted molar refractivity (Wildman–Crippen MR) is 53.7 cm³/mol. The molecule has 0 saturated carbocycles. The molecule has 0 aliphatic heterocycles. The van der Waals surface area contributed by atoms with Gasteiger partial charge in [0.05, 0.1) is 25.2 Å². The summed E-state index contributed by atoms with van der Waals surface area (Å²) in [5, 5.41) is 3.99. The van der Waals surface area contributed by atoms with Crippen molar-refractivity contribution in [3.05, 3.63) is 23.1 Å². The topological polar surface area (TPSA) is 51.1 Å².